The average molecular weight is 252 g/mol. The van der Waals surface area contributed by atoms with E-state index in [1.54, 1.807) is 7.11 Å². The summed E-state index contributed by atoms with van der Waals surface area (Å²) < 4.78 is 10.7. The van der Waals surface area contributed by atoms with Crippen LogP contribution in [0.2, 0.25) is 0 Å². The molecule has 100 valence electrons. The number of anilines is 2. The Morgan fingerprint density at radius 1 is 1.39 bits per heavy atom. The molecule has 0 radical (unpaired) electrons. The summed E-state index contributed by atoms with van der Waals surface area (Å²) >= 11 is 0. The SMILES string of the molecule is CCNc1ncnc(NCC2CCOC2)c1OC. The van der Waals surface area contributed by atoms with Crippen LogP contribution in [0.15, 0.2) is 6.33 Å². The number of nitrogens with zero attached hydrogens (tertiary/aromatic N) is 2. The molecular weight excluding hydrogens is 232 g/mol. The van der Waals surface area contributed by atoms with E-state index in [1.807, 2.05) is 6.92 Å². The zero-order valence-electron chi connectivity index (χ0n) is 10.9. The van der Waals surface area contributed by atoms with E-state index in [0.717, 1.165) is 44.4 Å². The Morgan fingerprint density at radius 3 is 2.78 bits per heavy atom. The molecule has 2 heterocycles. The van der Waals surface area contributed by atoms with Crippen molar-refractivity contribution in [3.8, 4) is 5.75 Å². The van der Waals surface area contributed by atoms with E-state index in [1.165, 1.54) is 6.33 Å². The summed E-state index contributed by atoms with van der Waals surface area (Å²) in [5.74, 6) is 2.67. The lowest BCUT2D eigenvalue weighted by molar-refractivity contribution is 0.187. The van der Waals surface area contributed by atoms with E-state index in [2.05, 4.69) is 20.6 Å². The van der Waals surface area contributed by atoms with Gasteiger partial charge in [0.25, 0.3) is 0 Å². The van der Waals surface area contributed by atoms with E-state index in [-0.39, 0.29) is 0 Å². The Morgan fingerprint density at radius 2 is 2.17 bits per heavy atom. The minimum atomic E-state index is 0.548. The highest BCUT2D eigenvalue weighted by Gasteiger charge is 2.17. The fraction of sp³-hybridized carbons (Fsp3) is 0.667. The van der Waals surface area contributed by atoms with Gasteiger partial charge in [0, 0.05) is 25.6 Å². The van der Waals surface area contributed by atoms with Gasteiger partial charge in [-0.25, -0.2) is 9.97 Å². The van der Waals surface area contributed by atoms with E-state index in [4.69, 9.17) is 9.47 Å². The molecule has 6 nitrogen and oxygen atoms in total. The van der Waals surface area contributed by atoms with Crippen LogP contribution in [0, 0.1) is 5.92 Å². The summed E-state index contributed by atoms with van der Waals surface area (Å²) in [5, 5.41) is 6.46. The van der Waals surface area contributed by atoms with Gasteiger partial charge in [-0.05, 0) is 13.3 Å². The van der Waals surface area contributed by atoms with Crippen molar-refractivity contribution >= 4 is 11.6 Å². The molecule has 0 amide bonds. The number of rotatable bonds is 6. The first-order chi connectivity index (χ1) is 8.85. The van der Waals surface area contributed by atoms with Crippen LogP contribution in [0.3, 0.4) is 0 Å². The monoisotopic (exact) mass is 252 g/mol. The number of nitrogens with one attached hydrogen (secondary N) is 2. The third kappa shape index (κ3) is 3.01. The van der Waals surface area contributed by atoms with E-state index < -0.39 is 0 Å². The Labute approximate surface area is 107 Å². The predicted molar refractivity (Wildman–Crippen MR) is 70.2 cm³/mol. The number of hydrogen-bond donors (Lipinski definition) is 2. The normalized spacial score (nSPS) is 18.7. The van der Waals surface area contributed by atoms with Gasteiger partial charge in [-0.1, -0.05) is 0 Å². The van der Waals surface area contributed by atoms with Crippen molar-refractivity contribution in [2.24, 2.45) is 5.92 Å². The lowest BCUT2D eigenvalue weighted by atomic mass is 10.1. The summed E-state index contributed by atoms with van der Waals surface area (Å²) in [6, 6.07) is 0. The second kappa shape index (κ2) is 6.39. The molecule has 0 bridgehead atoms. The van der Waals surface area contributed by atoms with Gasteiger partial charge < -0.3 is 20.1 Å². The van der Waals surface area contributed by atoms with Gasteiger partial charge in [0.1, 0.15) is 6.33 Å². The van der Waals surface area contributed by atoms with Crippen LogP contribution in [0.1, 0.15) is 13.3 Å². The van der Waals surface area contributed by atoms with Crippen LogP contribution in [0.5, 0.6) is 5.75 Å². The highest BCUT2D eigenvalue weighted by atomic mass is 16.5. The van der Waals surface area contributed by atoms with E-state index in [9.17, 15) is 0 Å². The molecule has 0 saturated carbocycles. The molecule has 6 heteroatoms. The Hall–Kier alpha value is -1.56. The first-order valence-corrected chi connectivity index (χ1v) is 6.29. The molecule has 1 atom stereocenters. The van der Waals surface area contributed by atoms with Crippen molar-refractivity contribution in [1.82, 2.24) is 9.97 Å². The third-order valence-corrected chi connectivity index (χ3v) is 2.93. The molecule has 1 aliphatic rings. The van der Waals surface area contributed by atoms with Crippen molar-refractivity contribution in [2.75, 3.05) is 44.0 Å². The van der Waals surface area contributed by atoms with Crippen LogP contribution in [-0.4, -0.2) is 43.4 Å². The standard InChI is InChI=1S/C12H20N4O2/c1-3-13-11-10(17-2)12(16-8-15-11)14-6-9-4-5-18-7-9/h8-9H,3-7H2,1-2H3,(H2,13,14,15,16). The van der Waals surface area contributed by atoms with Gasteiger partial charge in [0.15, 0.2) is 11.6 Å². The fourth-order valence-electron chi connectivity index (χ4n) is 1.97. The molecule has 1 aliphatic heterocycles. The number of hydrogen-bond acceptors (Lipinski definition) is 6. The van der Waals surface area contributed by atoms with Gasteiger partial charge in [-0.2, -0.15) is 0 Å². The number of aromatic nitrogens is 2. The van der Waals surface area contributed by atoms with Crippen molar-refractivity contribution < 1.29 is 9.47 Å². The summed E-state index contributed by atoms with van der Waals surface area (Å²) in [6.07, 6.45) is 2.63. The van der Waals surface area contributed by atoms with Gasteiger partial charge in [-0.15, -0.1) is 0 Å². The maximum atomic E-state index is 5.36. The highest BCUT2D eigenvalue weighted by molar-refractivity contribution is 5.63. The van der Waals surface area contributed by atoms with Gasteiger partial charge in [0.05, 0.1) is 13.7 Å². The zero-order valence-corrected chi connectivity index (χ0v) is 10.9. The number of ether oxygens (including phenoxy) is 2. The van der Waals surface area contributed by atoms with Crippen LogP contribution < -0.4 is 15.4 Å². The smallest absolute Gasteiger partial charge is 0.204 e. The zero-order chi connectivity index (χ0) is 12.8. The molecule has 2 N–H and O–H groups in total. The summed E-state index contributed by atoms with van der Waals surface area (Å²) in [4.78, 5) is 8.39. The lowest BCUT2D eigenvalue weighted by Crippen LogP contribution is -2.16. The first kappa shape index (κ1) is 12.9. The fourth-order valence-corrected chi connectivity index (χ4v) is 1.97. The maximum Gasteiger partial charge on any atom is 0.204 e. The second-order valence-electron chi connectivity index (χ2n) is 4.24. The molecular formula is C12H20N4O2. The topological polar surface area (TPSA) is 68.3 Å². The van der Waals surface area contributed by atoms with Crippen LogP contribution >= 0.6 is 0 Å². The van der Waals surface area contributed by atoms with Crippen LogP contribution in [0.25, 0.3) is 0 Å². The average Bonchev–Trinajstić information content (AvgIpc) is 2.90. The van der Waals surface area contributed by atoms with Gasteiger partial charge in [0.2, 0.25) is 5.75 Å². The Kier molecular flexibility index (Phi) is 4.58. The molecule has 0 spiro atoms. The van der Waals surface area contributed by atoms with Crippen LogP contribution in [0.4, 0.5) is 11.6 Å². The van der Waals surface area contributed by atoms with Crippen molar-refractivity contribution in [2.45, 2.75) is 13.3 Å². The minimum absolute atomic E-state index is 0.548. The molecule has 1 fully saturated rings. The van der Waals surface area contributed by atoms with Gasteiger partial charge >= 0.3 is 0 Å². The van der Waals surface area contributed by atoms with Gasteiger partial charge in [-0.3, -0.25) is 0 Å². The quantitative estimate of drug-likeness (QED) is 0.797. The van der Waals surface area contributed by atoms with E-state index in [0.29, 0.717) is 11.7 Å². The molecule has 1 unspecified atom stereocenters. The maximum absolute atomic E-state index is 5.36. The Balaban J connectivity index is 2.03. The lowest BCUT2D eigenvalue weighted by Gasteiger charge is -2.15. The highest BCUT2D eigenvalue weighted by Crippen LogP contribution is 2.29. The van der Waals surface area contributed by atoms with E-state index >= 15 is 0 Å². The molecule has 2 rings (SSSR count). The van der Waals surface area contributed by atoms with Crippen molar-refractivity contribution in [3.63, 3.8) is 0 Å². The Bertz CT molecular complexity index is 380. The van der Waals surface area contributed by atoms with Crippen molar-refractivity contribution in [1.29, 1.82) is 0 Å². The van der Waals surface area contributed by atoms with Crippen LogP contribution in [-0.2, 0) is 4.74 Å². The molecule has 1 aromatic rings. The summed E-state index contributed by atoms with van der Waals surface area (Å²) in [6.45, 7) is 5.34. The molecule has 18 heavy (non-hydrogen) atoms. The largest absolute Gasteiger partial charge is 0.490 e. The molecule has 1 saturated heterocycles. The minimum Gasteiger partial charge on any atom is -0.490 e. The molecule has 0 aromatic carbocycles. The summed E-state index contributed by atoms with van der Waals surface area (Å²) in [5.41, 5.74) is 0. The molecule has 1 aromatic heterocycles. The number of methoxy groups -OCH3 is 1. The van der Waals surface area contributed by atoms with Crippen molar-refractivity contribution in [3.05, 3.63) is 6.33 Å². The second-order valence-corrected chi connectivity index (χ2v) is 4.24. The summed E-state index contributed by atoms with van der Waals surface area (Å²) in [7, 11) is 1.63. The third-order valence-electron chi connectivity index (χ3n) is 2.93. The first-order valence-electron chi connectivity index (χ1n) is 6.29. The molecule has 0 aliphatic carbocycles. The predicted octanol–water partition coefficient (Wildman–Crippen LogP) is 1.37.